The van der Waals surface area contributed by atoms with E-state index in [9.17, 15) is 4.79 Å². The van der Waals surface area contributed by atoms with Crippen molar-refractivity contribution in [2.24, 2.45) is 0 Å². The monoisotopic (exact) mass is 343 g/mol. The van der Waals surface area contributed by atoms with E-state index >= 15 is 0 Å². The fraction of sp³-hybridized carbons (Fsp3) is 0.500. The molecule has 1 saturated carbocycles. The van der Waals surface area contributed by atoms with Gasteiger partial charge in [-0.1, -0.05) is 6.07 Å². The SMILES string of the molecule is CC(C)(C)OC(=O)N[C@H]1CCC[C@H]1Nc1cnn(-c2ccccn2)c1. The Morgan fingerprint density at radius 1 is 1.28 bits per heavy atom. The van der Waals surface area contributed by atoms with E-state index in [1.165, 1.54) is 0 Å². The lowest BCUT2D eigenvalue weighted by Crippen LogP contribution is -2.45. The predicted molar refractivity (Wildman–Crippen MR) is 95.8 cm³/mol. The quantitative estimate of drug-likeness (QED) is 0.891. The maximum Gasteiger partial charge on any atom is 0.407 e. The average molecular weight is 343 g/mol. The van der Waals surface area contributed by atoms with E-state index in [1.54, 1.807) is 17.1 Å². The normalized spacial score (nSPS) is 20.3. The topological polar surface area (TPSA) is 81.1 Å². The molecule has 2 N–H and O–H groups in total. The van der Waals surface area contributed by atoms with Crippen molar-refractivity contribution in [3.63, 3.8) is 0 Å². The maximum absolute atomic E-state index is 12.0. The first-order chi connectivity index (χ1) is 11.9. The van der Waals surface area contributed by atoms with E-state index in [-0.39, 0.29) is 18.2 Å². The Morgan fingerprint density at radius 3 is 2.80 bits per heavy atom. The van der Waals surface area contributed by atoms with Gasteiger partial charge in [-0.05, 0) is 52.2 Å². The van der Waals surface area contributed by atoms with Crippen molar-refractivity contribution in [2.45, 2.75) is 57.7 Å². The molecule has 7 nitrogen and oxygen atoms in total. The Labute approximate surface area is 147 Å². The van der Waals surface area contributed by atoms with Crippen LogP contribution < -0.4 is 10.6 Å². The molecule has 0 spiro atoms. The molecule has 1 fully saturated rings. The summed E-state index contributed by atoms with van der Waals surface area (Å²) in [4.78, 5) is 16.3. The molecule has 0 radical (unpaired) electrons. The second-order valence-electron chi connectivity index (χ2n) is 7.30. The van der Waals surface area contributed by atoms with Gasteiger partial charge in [-0.25, -0.2) is 14.5 Å². The molecular formula is C18H25N5O2. The lowest BCUT2D eigenvalue weighted by molar-refractivity contribution is 0.0503. The summed E-state index contributed by atoms with van der Waals surface area (Å²) in [5.74, 6) is 0.769. The van der Waals surface area contributed by atoms with Crippen LogP contribution in [-0.4, -0.2) is 38.5 Å². The lowest BCUT2D eigenvalue weighted by atomic mass is 10.1. The summed E-state index contributed by atoms with van der Waals surface area (Å²) in [7, 11) is 0. The van der Waals surface area contributed by atoms with E-state index < -0.39 is 5.60 Å². The fourth-order valence-electron chi connectivity index (χ4n) is 2.99. The molecule has 3 rings (SSSR count). The number of hydrogen-bond donors (Lipinski definition) is 2. The number of amides is 1. The van der Waals surface area contributed by atoms with Gasteiger partial charge in [0.1, 0.15) is 5.60 Å². The van der Waals surface area contributed by atoms with Gasteiger partial charge in [-0.2, -0.15) is 5.10 Å². The van der Waals surface area contributed by atoms with Crippen LogP contribution in [0.15, 0.2) is 36.8 Å². The van der Waals surface area contributed by atoms with Gasteiger partial charge < -0.3 is 15.4 Å². The molecule has 0 unspecified atom stereocenters. The molecule has 0 aliphatic heterocycles. The summed E-state index contributed by atoms with van der Waals surface area (Å²) in [5.41, 5.74) is 0.420. The van der Waals surface area contributed by atoms with E-state index in [1.807, 2.05) is 45.2 Å². The third-order valence-electron chi connectivity index (χ3n) is 4.04. The Hall–Kier alpha value is -2.57. The van der Waals surface area contributed by atoms with E-state index in [0.29, 0.717) is 0 Å². The lowest BCUT2D eigenvalue weighted by Gasteiger charge is -2.25. The maximum atomic E-state index is 12.0. The largest absolute Gasteiger partial charge is 0.444 e. The number of nitrogens with one attached hydrogen (secondary N) is 2. The molecule has 2 heterocycles. The third kappa shape index (κ3) is 4.71. The number of carbonyl (C=O) groups is 1. The number of alkyl carbamates (subject to hydrolysis) is 1. The van der Waals surface area contributed by atoms with Crippen molar-refractivity contribution in [2.75, 3.05) is 5.32 Å². The van der Waals surface area contributed by atoms with Crippen LogP contribution in [0.25, 0.3) is 5.82 Å². The van der Waals surface area contributed by atoms with Crippen LogP contribution >= 0.6 is 0 Å². The van der Waals surface area contributed by atoms with Crippen molar-refractivity contribution in [1.29, 1.82) is 0 Å². The molecule has 1 aliphatic rings. The standard InChI is InChI=1S/C18H25N5O2/c1-18(2,3)25-17(24)22-15-8-6-7-14(15)21-13-11-20-23(12-13)16-9-4-5-10-19-16/h4-5,9-12,14-15,21H,6-8H2,1-3H3,(H,22,24)/t14-,15+/m1/s1. The van der Waals surface area contributed by atoms with Gasteiger partial charge in [-0.3, -0.25) is 0 Å². The number of nitrogens with zero attached hydrogens (tertiary/aromatic N) is 3. The molecule has 0 aromatic carbocycles. The van der Waals surface area contributed by atoms with Crippen molar-refractivity contribution in [1.82, 2.24) is 20.1 Å². The molecule has 7 heteroatoms. The minimum atomic E-state index is -0.491. The Balaban J connectivity index is 1.60. The summed E-state index contributed by atoms with van der Waals surface area (Å²) in [5, 5.41) is 10.8. The minimum absolute atomic E-state index is 0.0491. The predicted octanol–water partition coefficient (Wildman–Crippen LogP) is 3.13. The van der Waals surface area contributed by atoms with Gasteiger partial charge in [0.2, 0.25) is 0 Å². The highest BCUT2D eigenvalue weighted by Crippen LogP contribution is 2.24. The summed E-state index contributed by atoms with van der Waals surface area (Å²) in [6, 6.07) is 5.91. The Morgan fingerprint density at radius 2 is 2.08 bits per heavy atom. The molecule has 134 valence electrons. The van der Waals surface area contributed by atoms with E-state index in [2.05, 4.69) is 20.7 Å². The third-order valence-corrected chi connectivity index (χ3v) is 4.04. The second-order valence-corrected chi connectivity index (χ2v) is 7.30. The minimum Gasteiger partial charge on any atom is -0.444 e. The van der Waals surface area contributed by atoms with Gasteiger partial charge in [0, 0.05) is 12.2 Å². The van der Waals surface area contributed by atoms with Gasteiger partial charge in [0.25, 0.3) is 0 Å². The highest BCUT2D eigenvalue weighted by atomic mass is 16.6. The zero-order chi connectivity index (χ0) is 17.9. The van der Waals surface area contributed by atoms with E-state index in [4.69, 9.17) is 4.74 Å². The smallest absolute Gasteiger partial charge is 0.407 e. The van der Waals surface area contributed by atoms with Crippen LogP contribution in [-0.2, 0) is 4.74 Å². The molecule has 2 aromatic heterocycles. The zero-order valence-electron chi connectivity index (χ0n) is 14.9. The van der Waals surface area contributed by atoms with E-state index in [0.717, 1.165) is 30.8 Å². The molecule has 2 aromatic rings. The number of hydrogen-bond acceptors (Lipinski definition) is 5. The molecular weight excluding hydrogens is 318 g/mol. The van der Waals surface area contributed by atoms with Gasteiger partial charge in [0.15, 0.2) is 5.82 Å². The van der Waals surface area contributed by atoms with Crippen molar-refractivity contribution in [3.8, 4) is 5.82 Å². The van der Waals surface area contributed by atoms with Gasteiger partial charge in [-0.15, -0.1) is 0 Å². The molecule has 1 amide bonds. The fourth-order valence-corrected chi connectivity index (χ4v) is 2.99. The van der Waals surface area contributed by atoms with Crippen LogP contribution in [0.4, 0.5) is 10.5 Å². The number of carbonyl (C=O) groups excluding carboxylic acids is 1. The first-order valence-corrected chi connectivity index (χ1v) is 8.63. The summed E-state index contributed by atoms with van der Waals surface area (Å²) < 4.78 is 7.09. The molecule has 0 bridgehead atoms. The number of anilines is 1. The van der Waals surface area contributed by atoms with Crippen molar-refractivity contribution >= 4 is 11.8 Å². The van der Waals surface area contributed by atoms with Crippen LogP contribution in [0, 0.1) is 0 Å². The van der Waals surface area contributed by atoms with Crippen molar-refractivity contribution < 1.29 is 9.53 Å². The Bertz CT molecular complexity index is 708. The Kier molecular flexibility index (Phi) is 4.92. The molecule has 1 aliphatic carbocycles. The first kappa shape index (κ1) is 17.3. The van der Waals surface area contributed by atoms with Crippen LogP contribution in [0.3, 0.4) is 0 Å². The highest BCUT2D eigenvalue weighted by molar-refractivity contribution is 5.68. The van der Waals surface area contributed by atoms with Gasteiger partial charge >= 0.3 is 6.09 Å². The number of rotatable bonds is 4. The second kappa shape index (κ2) is 7.13. The van der Waals surface area contributed by atoms with Gasteiger partial charge in [0.05, 0.1) is 24.1 Å². The number of ether oxygens (including phenoxy) is 1. The average Bonchev–Trinajstić information content (AvgIpc) is 3.17. The molecule has 2 atom stereocenters. The van der Waals surface area contributed by atoms with Crippen LogP contribution in [0.2, 0.25) is 0 Å². The number of pyridine rings is 1. The number of aromatic nitrogens is 3. The summed E-state index contributed by atoms with van der Waals surface area (Å²) in [6.45, 7) is 5.59. The molecule has 25 heavy (non-hydrogen) atoms. The molecule has 0 saturated heterocycles. The summed E-state index contributed by atoms with van der Waals surface area (Å²) in [6.07, 6.45) is 8.05. The van der Waals surface area contributed by atoms with Crippen molar-refractivity contribution in [3.05, 3.63) is 36.8 Å². The first-order valence-electron chi connectivity index (χ1n) is 8.63. The van der Waals surface area contributed by atoms with Crippen LogP contribution in [0.1, 0.15) is 40.0 Å². The highest BCUT2D eigenvalue weighted by Gasteiger charge is 2.30. The van der Waals surface area contributed by atoms with Crippen LogP contribution in [0.5, 0.6) is 0 Å². The summed E-state index contributed by atoms with van der Waals surface area (Å²) >= 11 is 0. The zero-order valence-corrected chi connectivity index (χ0v) is 14.9.